The van der Waals surface area contributed by atoms with Gasteiger partial charge in [0, 0.05) is 24.7 Å². The molecular formula is C19H20N2O2. The first-order chi connectivity index (χ1) is 11.2. The molecule has 0 saturated heterocycles. The quantitative estimate of drug-likeness (QED) is 0.733. The minimum Gasteiger partial charge on any atom is -0.497 e. The minimum atomic E-state index is 0.0574. The lowest BCUT2D eigenvalue weighted by atomic mass is 10.1. The largest absolute Gasteiger partial charge is 0.497 e. The van der Waals surface area contributed by atoms with E-state index in [0.29, 0.717) is 13.0 Å². The van der Waals surface area contributed by atoms with Crippen molar-refractivity contribution in [2.45, 2.75) is 19.4 Å². The van der Waals surface area contributed by atoms with Gasteiger partial charge < -0.3 is 15.0 Å². The minimum absolute atomic E-state index is 0.0574. The van der Waals surface area contributed by atoms with E-state index in [2.05, 4.69) is 28.5 Å². The summed E-state index contributed by atoms with van der Waals surface area (Å²) in [5.41, 5.74) is 3.33. The third-order valence-electron chi connectivity index (χ3n) is 3.88. The summed E-state index contributed by atoms with van der Waals surface area (Å²) >= 11 is 0. The zero-order valence-electron chi connectivity index (χ0n) is 13.1. The van der Waals surface area contributed by atoms with E-state index in [1.54, 1.807) is 7.11 Å². The third-order valence-corrected chi connectivity index (χ3v) is 3.88. The van der Waals surface area contributed by atoms with Crippen molar-refractivity contribution >= 4 is 16.8 Å². The molecule has 1 aromatic heterocycles. The van der Waals surface area contributed by atoms with Crippen molar-refractivity contribution in [3.8, 4) is 5.75 Å². The average Bonchev–Trinajstić information content (AvgIpc) is 3.06. The number of carbonyl (C=O) groups excluding carboxylic acids is 1. The number of aromatic amines is 1. The first-order valence-electron chi connectivity index (χ1n) is 7.70. The van der Waals surface area contributed by atoms with E-state index in [9.17, 15) is 4.79 Å². The molecule has 4 nitrogen and oxygen atoms in total. The molecule has 2 N–H and O–H groups in total. The number of amides is 1. The molecule has 2 aromatic carbocycles. The molecule has 0 atom stereocenters. The van der Waals surface area contributed by atoms with E-state index in [4.69, 9.17) is 4.74 Å². The predicted octanol–water partition coefficient (Wildman–Crippen LogP) is 3.43. The molecule has 1 amide bonds. The smallest absolute Gasteiger partial charge is 0.220 e. The van der Waals surface area contributed by atoms with Crippen molar-refractivity contribution in [3.05, 3.63) is 65.9 Å². The van der Waals surface area contributed by atoms with Crippen LogP contribution in [-0.4, -0.2) is 18.0 Å². The van der Waals surface area contributed by atoms with Gasteiger partial charge in [0.15, 0.2) is 0 Å². The Kier molecular flexibility index (Phi) is 4.62. The number of aryl methyl sites for hydroxylation is 1. The Bertz CT molecular complexity index is 808. The van der Waals surface area contributed by atoms with Gasteiger partial charge in [-0.3, -0.25) is 4.79 Å². The SMILES string of the molecule is COc1cccc(CNC(=O)CCc2ccc3[nH]ccc3c2)c1. The van der Waals surface area contributed by atoms with Crippen molar-refractivity contribution in [2.75, 3.05) is 7.11 Å². The summed E-state index contributed by atoms with van der Waals surface area (Å²) in [5, 5.41) is 4.13. The Balaban J connectivity index is 1.50. The highest BCUT2D eigenvalue weighted by atomic mass is 16.5. The molecule has 118 valence electrons. The fourth-order valence-corrected chi connectivity index (χ4v) is 2.59. The lowest BCUT2D eigenvalue weighted by Crippen LogP contribution is -2.22. The van der Waals surface area contributed by atoms with Gasteiger partial charge in [0.2, 0.25) is 5.91 Å². The highest BCUT2D eigenvalue weighted by molar-refractivity contribution is 5.80. The van der Waals surface area contributed by atoms with E-state index in [1.165, 1.54) is 10.9 Å². The van der Waals surface area contributed by atoms with Crippen LogP contribution in [0, 0.1) is 0 Å². The van der Waals surface area contributed by atoms with Gasteiger partial charge in [-0.05, 0) is 53.3 Å². The van der Waals surface area contributed by atoms with E-state index in [1.807, 2.05) is 36.5 Å². The molecule has 3 rings (SSSR count). The molecule has 0 aliphatic heterocycles. The number of hydrogen-bond acceptors (Lipinski definition) is 2. The monoisotopic (exact) mass is 308 g/mol. The molecule has 1 heterocycles. The van der Waals surface area contributed by atoms with Gasteiger partial charge in [-0.1, -0.05) is 18.2 Å². The maximum Gasteiger partial charge on any atom is 0.220 e. The number of benzene rings is 2. The normalized spacial score (nSPS) is 10.7. The topological polar surface area (TPSA) is 54.1 Å². The van der Waals surface area contributed by atoms with Gasteiger partial charge >= 0.3 is 0 Å². The Hall–Kier alpha value is -2.75. The number of carbonyl (C=O) groups is 1. The lowest BCUT2D eigenvalue weighted by molar-refractivity contribution is -0.121. The number of aromatic nitrogens is 1. The summed E-state index contributed by atoms with van der Waals surface area (Å²) < 4.78 is 5.18. The van der Waals surface area contributed by atoms with Crippen LogP contribution in [0.4, 0.5) is 0 Å². The number of rotatable bonds is 6. The molecule has 3 aromatic rings. The van der Waals surface area contributed by atoms with E-state index < -0.39 is 0 Å². The van der Waals surface area contributed by atoms with Gasteiger partial charge in [-0.15, -0.1) is 0 Å². The molecule has 0 aliphatic rings. The Morgan fingerprint density at radius 3 is 2.91 bits per heavy atom. The van der Waals surface area contributed by atoms with Crippen molar-refractivity contribution in [1.82, 2.24) is 10.3 Å². The van der Waals surface area contributed by atoms with Crippen LogP contribution >= 0.6 is 0 Å². The van der Waals surface area contributed by atoms with Gasteiger partial charge in [0.25, 0.3) is 0 Å². The fourth-order valence-electron chi connectivity index (χ4n) is 2.59. The molecule has 0 spiro atoms. The highest BCUT2D eigenvalue weighted by Gasteiger charge is 2.04. The summed E-state index contributed by atoms with van der Waals surface area (Å²) in [4.78, 5) is 15.2. The zero-order valence-corrected chi connectivity index (χ0v) is 13.1. The van der Waals surface area contributed by atoms with Crippen LogP contribution in [0.25, 0.3) is 10.9 Å². The predicted molar refractivity (Wildman–Crippen MR) is 91.5 cm³/mol. The number of methoxy groups -OCH3 is 1. The van der Waals surface area contributed by atoms with Crippen molar-refractivity contribution in [1.29, 1.82) is 0 Å². The van der Waals surface area contributed by atoms with Crippen LogP contribution in [0.2, 0.25) is 0 Å². The van der Waals surface area contributed by atoms with Crippen LogP contribution in [0.1, 0.15) is 17.5 Å². The molecular weight excluding hydrogens is 288 g/mol. The second kappa shape index (κ2) is 7.01. The number of fused-ring (bicyclic) bond motifs is 1. The fraction of sp³-hybridized carbons (Fsp3) is 0.211. The molecule has 0 saturated carbocycles. The Morgan fingerprint density at radius 2 is 2.04 bits per heavy atom. The maximum absolute atomic E-state index is 12.0. The first-order valence-corrected chi connectivity index (χ1v) is 7.70. The van der Waals surface area contributed by atoms with Gasteiger partial charge in [0.1, 0.15) is 5.75 Å². The molecule has 0 unspecified atom stereocenters. The summed E-state index contributed by atoms with van der Waals surface area (Å²) in [6.07, 6.45) is 3.15. The first kappa shape index (κ1) is 15.2. The summed E-state index contributed by atoms with van der Waals surface area (Å²) in [5.74, 6) is 0.860. The van der Waals surface area contributed by atoms with Crippen molar-refractivity contribution < 1.29 is 9.53 Å². The molecule has 0 bridgehead atoms. The number of hydrogen-bond donors (Lipinski definition) is 2. The van der Waals surface area contributed by atoms with E-state index >= 15 is 0 Å². The molecule has 4 heteroatoms. The van der Waals surface area contributed by atoms with Gasteiger partial charge in [-0.25, -0.2) is 0 Å². The maximum atomic E-state index is 12.0. The number of H-pyrrole nitrogens is 1. The van der Waals surface area contributed by atoms with E-state index in [0.717, 1.165) is 23.3 Å². The van der Waals surface area contributed by atoms with Gasteiger partial charge in [-0.2, -0.15) is 0 Å². The zero-order chi connectivity index (χ0) is 16.1. The van der Waals surface area contributed by atoms with Crippen molar-refractivity contribution in [3.63, 3.8) is 0 Å². The highest BCUT2D eigenvalue weighted by Crippen LogP contribution is 2.15. The third kappa shape index (κ3) is 3.92. The van der Waals surface area contributed by atoms with Crippen molar-refractivity contribution in [2.24, 2.45) is 0 Å². The second-order valence-electron chi connectivity index (χ2n) is 5.53. The van der Waals surface area contributed by atoms with Crippen LogP contribution < -0.4 is 10.1 Å². The van der Waals surface area contributed by atoms with Crippen LogP contribution in [0.15, 0.2) is 54.7 Å². The standard InChI is InChI=1S/C19H20N2O2/c1-23-17-4-2-3-15(12-17)13-21-19(22)8-6-14-5-7-18-16(11-14)9-10-20-18/h2-5,7,9-12,20H,6,8,13H2,1H3,(H,21,22). The number of ether oxygens (including phenoxy) is 1. The Morgan fingerprint density at radius 1 is 1.13 bits per heavy atom. The van der Waals surface area contributed by atoms with E-state index in [-0.39, 0.29) is 5.91 Å². The van der Waals surface area contributed by atoms with Crippen LogP contribution in [-0.2, 0) is 17.8 Å². The summed E-state index contributed by atoms with van der Waals surface area (Å²) in [7, 11) is 1.64. The molecule has 23 heavy (non-hydrogen) atoms. The summed E-state index contributed by atoms with van der Waals surface area (Å²) in [6, 6.07) is 16.0. The number of nitrogens with one attached hydrogen (secondary N) is 2. The average molecular weight is 308 g/mol. The molecule has 0 radical (unpaired) electrons. The molecule has 0 aliphatic carbocycles. The van der Waals surface area contributed by atoms with Crippen LogP contribution in [0.5, 0.6) is 5.75 Å². The second-order valence-corrected chi connectivity index (χ2v) is 5.53. The Labute approximate surface area is 135 Å². The molecule has 0 fully saturated rings. The summed E-state index contributed by atoms with van der Waals surface area (Å²) in [6.45, 7) is 0.521. The lowest BCUT2D eigenvalue weighted by Gasteiger charge is -2.07. The van der Waals surface area contributed by atoms with Gasteiger partial charge in [0.05, 0.1) is 7.11 Å². The van der Waals surface area contributed by atoms with Crippen LogP contribution in [0.3, 0.4) is 0 Å².